The van der Waals surface area contributed by atoms with Crippen LogP contribution in [0.4, 0.5) is 5.69 Å². The number of benzene rings is 2. The van der Waals surface area contributed by atoms with Crippen molar-refractivity contribution < 1.29 is 9.84 Å². The Morgan fingerprint density at radius 1 is 0.745 bits per heavy atom. The molecule has 0 amide bonds. The molecule has 0 aliphatic heterocycles. The zero-order valence-corrected chi connectivity index (χ0v) is 32.4. The molecule has 0 heterocycles. The number of aromatic hydroxyl groups is 1. The molecule has 2 aromatic rings. The van der Waals surface area contributed by atoms with Crippen LogP contribution in [0, 0.1) is 10.3 Å². The van der Waals surface area contributed by atoms with Crippen LogP contribution in [-0.2, 0) is 39.2 Å². The Hall–Kier alpha value is -2.88. The van der Waals surface area contributed by atoms with E-state index >= 15 is 0 Å². The average Bonchev–Trinajstić information content (AvgIpc) is 2.95. The molecule has 262 valence electrons. The lowest BCUT2D eigenvalue weighted by Crippen LogP contribution is -2.26. The van der Waals surface area contributed by atoms with Crippen LogP contribution in [0.3, 0.4) is 0 Å². The molecule has 0 aliphatic rings. The van der Waals surface area contributed by atoms with Crippen molar-refractivity contribution in [3.05, 3.63) is 87.5 Å². The maximum atomic E-state index is 12.0. The highest BCUT2D eigenvalue weighted by Crippen LogP contribution is 2.43. The summed E-state index contributed by atoms with van der Waals surface area (Å²) in [5.74, 6) is 0.433. The fourth-order valence-corrected chi connectivity index (χ4v) is 6.58. The third-order valence-corrected chi connectivity index (χ3v) is 9.87. The molecule has 0 fully saturated rings. The van der Waals surface area contributed by atoms with Crippen molar-refractivity contribution in [1.29, 1.82) is 0 Å². The van der Waals surface area contributed by atoms with Crippen LogP contribution < -0.4 is 0 Å². The van der Waals surface area contributed by atoms with E-state index in [0.29, 0.717) is 18.0 Å². The molecule has 1 atom stereocenters. The summed E-state index contributed by atoms with van der Waals surface area (Å²) in [5, 5.41) is 14.7. The van der Waals surface area contributed by atoms with Crippen molar-refractivity contribution in [2.45, 2.75) is 163 Å². The lowest BCUT2D eigenvalue weighted by atomic mass is 9.74. The van der Waals surface area contributed by atoms with Crippen LogP contribution >= 0.6 is 0 Å². The minimum absolute atomic E-state index is 0.0263. The van der Waals surface area contributed by atoms with E-state index in [1.165, 1.54) is 16.7 Å². The van der Waals surface area contributed by atoms with Crippen molar-refractivity contribution in [2.24, 2.45) is 10.6 Å². The van der Waals surface area contributed by atoms with Crippen molar-refractivity contribution in [1.82, 2.24) is 0 Å². The van der Waals surface area contributed by atoms with Gasteiger partial charge in [-0.2, -0.15) is 0 Å². The first-order chi connectivity index (χ1) is 21.5. The van der Waals surface area contributed by atoms with Crippen LogP contribution in [0.25, 0.3) is 0 Å². The number of rotatable bonds is 15. The number of ether oxygens (including phenoxy) is 1. The number of phenolic OH excluding ortho intramolecular Hbond substituents is 1. The summed E-state index contributed by atoms with van der Waals surface area (Å²) in [5.41, 5.74) is 7.87. The smallest absolute Gasteiger partial charge is 0.123 e. The Bertz CT molecular complexity index is 1320. The van der Waals surface area contributed by atoms with Crippen LogP contribution in [0.15, 0.2) is 54.4 Å². The Kier molecular flexibility index (Phi) is 13.3. The number of hydrogen-bond donors (Lipinski definition) is 1. The third kappa shape index (κ3) is 11.1. The molecule has 0 saturated carbocycles. The fourth-order valence-electron chi connectivity index (χ4n) is 6.58. The van der Waals surface area contributed by atoms with Gasteiger partial charge in [-0.05, 0) is 112 Å². The molecule has 2 aromatic carbocycles. The molecular formula is C43H67NO3. The maximum absolute atomic E-state index is 12.0. The summed E-state index contributed by atoms with van der Waals surface area (Å²) >= 11 is 0. The fraction of sp³-hybridized carbons (Fsp3) is 0.628. The van der Waals surface area contributed by atoms with Crippen LogP contribution in [0.1, 0.15) is 162 Å². The predicted molar refractivity (Wildman–Crippen MR) is 203 cm³/mol. The largest absolute Gasteiger partial charge is 0.507 e. The highest BCUT2D eigenvalue weighted by atomic mass is 16.5. The van der Waals surface area contributed by atoms with E-state index in [1.807, 2.05) is 0 Å². The first kappa shape index (κ1) is 40.3. The van der Waals surface area contributed by atoms with Gasteiger partial charge in [-0.3, -0.25) is 0 Å². The molecule has 0 radical (unpaired) electrons. The Morgan fingerprint density at radius 3 is 1.60 bits per heavy atom. The van der Waals surface area contributed by atoms with Crippen LogP contribution in [0.2, 0.25) is 0 Å². The molecule has 0 saturated heterocycles. The van der Waals surface area contributed by atoms with Gasteiger partial charge in [0.25, 0.3) is 0 Å². The monoisotopic (exact) mass is 646 g/mol. The summed E-state index contributed by atoms with van der Waals surface area (Å²) in [6.45, 7) is 37.2. The van der Waals surface area contributed by atoms with E-state index in [4.69, 9.17) is 4.74 Å². The van der Waals surface area contributed by atoms with E-state index in [1.54, 1.807) is 6.26 Å². The van der Waals surface area contributed by atoms with Gasteiger partial charge in [0.15, 0.2) is 0 Å². The van der Waals surface area contributed by atoms with Gasteiger partial charge in [0.1, 0.15) is 11.4 Å². The molecule has 1 unspecified atom stereocenters. The summed E-state index contributed by atoms with van der Waals surface area (Å²) in [6, 6.07) is 8.81. The van der Waals surface area contributed by atoms with Gasteiger partial charge in [-0.25, -0.2) is 0 Å². The van der Waals surface area contributed by atoms with E-state index in [2.05, 4.69) is 133 Å². The van der Waals surface area contributed by atoms with E-state index in [-0.39, 0.29) is 27.1 Å². The first-order valence-corrected chi connectivity index (χ1v) is 17.8. The second-order valence-electron chi connectivity index (χ2n) is 18.1. The molecule has 4 heteroatoms. The Morgan fingerprint density at radius 2 is 1.19 bits per heavy atom. The van der Waals surface area contributed by atoms with Gasteiger partial charge >= 0.3 is 0 Å². The van der Waals surface area contributed by atoms with Crippen LogP contribution in [0.5, 0.6) is 5.75 Å². The molecule has 0 bridgehead atoms. The average molecular weight is 646 g/mol. The number of hydrogen-bond acceptors (Lipinski definition) is 4. The maximum Gasteiger partial charge on any atom is 0.123 e. The number of aryl methyl sites for hydroxylation is 2. The topological polar surface area (TPSA) is 58.9 Å². The van der Waals surface area contributed by atoms with Gasteiger partial charge in [0.2, 0.25) is 0 Å². The lowest BCUT2D eigenvalue weighted by molar-refractivity contribution is 0.0842. The standard InChI is InChI=1S/C43H67NO3/c1-16-43(29-47-17-2,23-18-19-31-25-33(39(4,5)6)37(44-46)34(26-31)40(7,8)9)24-22-30(3)20-21-32-27-35(41(10,11)12)38(45)36(28-32)42(13,14)15/h17,25-28,45H,2-3,16,18-24,29H2,1,4-15H3. The van der Waals surface area contributed by atoms with Crippen molar-refractivity contribution in [3.8, 4) is 5.75 Å². The Labute approximate surface area is 288 Å². The van der Waals surface area contributed by atoms with Gasteiger partial charge < -0.3 is 9.84 Å². The quantitative estimate of drug-likeness (QED) is 0.119. The van der Waals surface area contributed by atoms with E-state index < -0.39 is 0 Å². The normalized spacial score (nSPS) is 14.1. The number of nitroso groups, excluding NO2 is 1. The number of phenols is 1. The van der Waals surface area contributed by atoms with Gasteiger partial charge in [0.05, 0.1) is 12.9 Å². The molecule has 0 aliphatic carbocycles. The van der Waals surface area contributed by atoms with E-state index in [9.17, 15) is 10.0 Å². The summed E-state index contributed by atoms with van der Waals surface area (Å²) in [4.78, 5) is 12.0. The minimum Gasteiger partial charge on any atom is -0.507 e. The lowest BCUT2D eigenvalue weighted by Gasteiger charge is -2.33. The van der Waals surface area contributed by atoms with Crippen molar-refractivity contribution in [3.63, 3.8) is 0 Å². The number of nitrogens with zero attached hydrogens (tertiary/aromatic N) is 1. The molecule has 0 spiro atoms. The predicted octanol–water partition coefficient (Wildman–Crippen LogP) is 12.8. The van der Waals surface area contributed by atoms with E-state index in [0.717, 1.165) is 73.6 Å². The molecule has 4 nitrogen and oxygen atoms in total. The van der Waals surface area contributed by atoms with Gasteiger partial charge in [-0.15, -0.1) is 4.91 Å². The Balaban J connectivity index is 2.22. The third-order valence-electron chi connectivity index (χ3n) is 9.87. The first-order valence-electron chi connectivity index (χ1n) is 17.8. The zero-order valence-electron chi connectivity index (χ0n) is 32.4. The second-order valence-corrected chi connectivity index (χ2v) is 18.1. The SMILES string of the molecule is C=COCC(CC)(CCCc1cc(C(C)(C)C)c(N=O)c(C(C)(C)C)c1)CCC(=C)CCc1cc(C(C)(C)C)c(O)c(C(C)(C)C)c1. The van der Waals surface area contributed by atoms with Crippen molar-refractivity contribution >= 4 is 5.69 Å². The molecule has 47 heavy (non-hydrogen) atoms. The van der Waals surface area contributed by atoms with Crippen molar-refractivity contribution in [2.75, 3.05) is 6.61 Å². The number of allylic oxidation sites excluding steroid dienone is 1. The summed E-state index contributed by atoms with van der Waals surface area (Å²) in [6.07, 6.45) is 9.39. The molecule has 2 rings (SSSR count). The van der Waals surface area contributed by atoms with Gasteiger partial charge in [0, 0.05) is 5.41 Å². The zero-order chi connectivity index (χ0) is 36.0. The summed E-state index contributed by atoms with van der Waals surface area (Å²) < 4.78 is 5.88. The summed E-state index contributed by atoms with van der Waals surface area (Å²) in [7, 11) is 0. The van der Waals surface area contributed by atoms with Crippen LogP contribution in [-0.4, -0.2) is 11.7 Å². The molecule has 1 N–H and O–H groups in total. The van der Waals surface area contributed by atoms with Gasteiger partial charge in [-0.1, -0.05) is 133 Å². The highest BCUT2D eigenvalue weighted by molar-refractivity contribution is 5.60. The minimum atomic E-state index is -0.173. The molecular weight excluding hydrogens is 578 g/mol. The molecule has 0 aromatic heterocycles. The highest BCUT2D eigenvalue weighted by Gasteiger charge is 2.31. The second kappa shape index (κ2) is 15.6.